The number of hydrogen-bond acceptors (Lipinski definition) is 8. The van der Waals surface area contributed by atoms with Gasteiger partial charge in [-0.15, -0.1) is 0 Å². The maximum Gasteiger partial charge on any atom is 0.420 e. The van der Waals surface area contributed by atoms with Crippen LogP contribution in [0, 0.1) is 5.82 Å². The molecule has 15 heteroatoms. The fraction of sp³-hybridized carbons (Fsp3) is 0.167. The van der Waals surface area contributed by atoms with E-state index in [2.05, 4.69) is 15.4 Å². The summed E-state index contributed by atoms with van der Waals surface area (Å²) in [7, 11) is 2.83. The van der Waals surface area contributed by atoms with E-state index in [4.69, 9.17) is 14.2 Å². The number of nitrogens with one attached hydrogen (secondary N) is 1. The Bertz CT molecular complexity index is 2040. The third-order valence-electron chi connectivity index (χ3n) is 6.61. The summed E-state index contributed by atoms with van der Waals surface area (Å²) in [6, 6.07) is 11.6. The second-order valence-electron chi connectivity index (χ2n) is 9.36. The number of methoxy groups -OCH3 is 2. The molecule has 0 aliphatic heterocycles. The molecule has 1 amide bonds. The zero-order valence-corrected chi connectivity index (χ0v) is 23.8. The van der Waals surface area contributed by atoms with Crippen molar-refractivity contribution in [3.8, 4) is 28.7 Å². The summed E-state index contributed by atoms with van der Waals surface area (Å²) in [6.45, 7) is 1.48. The highest BCUT2D eigenvalue weighted by molar-refractivity contribution is 6.02. The minimum absolute atomic E-state index is 0.0365. The number of carbonyl (C=O) groups excluding carboxylic acids is 1. The second-order valence-corrected chi connectivity index (χ2v) is 9.36. The molecule has 0 spiro atoms. The number of benzene rings is 3. The molecule has 0 unspecified atom stereocenters. The number of ether oxygens (including phenoxy) is 3. The smallest absolute Gasteiger partial charge is 0.420 e. The highest BCUT2D eigenvalue weighted by Gasteiger charge is 2.35. The van der Waals surface area contributed by atoms with Crippen molar-refractivity contribution < 1.29 is 36.6 Å². The van der Waals surface area contributed by atoms with Crippen LogP contribution in [0.3, 0.4) is 0 Å². The van der Waals surface area contributed by atoms with Gasteiger partial charge in [-0.2, -0.15) is 18.3 Å². The molecule has 0 bridgehead atoms. The molecule has 0 saturated carbocycles. The van der Waals surface area contributed by atoms with E-state index in [-0.39, 0.29) is 23.7 Å². The Hall–Kier alpha value is -5.73. The number of amides is 1. The number of fused-ring (bicyclic) bond motifs is 1. The third kappa shape index (κ3) is 6.04. The molecular weight excluding hydrogens is 602 g/mol. The summed E-state index contributed by atoms with van der Waals surface area (Å²) >= 11 is 0. The van der Waals surface area contributed by atoms with E-state index in [0.29, 0.717) is 33.0 Å². The van der Waals surface area contributed by atoms with Crippen molar-refractivity contribution in [3.05, 3.63) is 105 Å². The molecule has 232 valence electrons. The summed E-state index contributed by atoms with van der Waals surface area (Å²) in [5, 5.41) is 6.38. The van der Waals surface area contributed by atoms with Crippen LogP contribution in [0.4, 0.5) is 23.2 Å². The standard InChI is InChI=1S/C30H23F4N5O6/c1-4-38-29(42)39(18-8-5-16(31)6-9-18)28(41)26(37-38)27(40)36-17-7-10-23(20(13-17)30(32,33)34)45-22-11-12-35-21-15-25(44-3)24(43-2)14-19(21)22/h5-15H,4H2,1-3H3,(H,36,40). The Balaban J connectivity index is 1.52. The molecule has 5 rings (SSSR count). The van der Waals surface area contributed by atoms with Gasteiger partial charge in [0.2, 0.25) is 5.69 Å². The predicted octanol–water partition coefficient (Wildman–Crippen LogP) is 5.18. The van der Waals surface area contributed by atoms with Crippen LogP contribution in [0.2, 0.25) is 0 Å². The average Bonchev–Trinajstić information content (AvgIpc) is 3.01. The predicted molar refractivity (Wildman–Crippen MR) is 154 cm³/mol. The number of carbonyl (C=O) groups is 1. The Morgan fingerprint density at radius 2 is 1.60 bits per heavy atom. The number of halogens is 4. The Morgan fingerprint density at radius 3 is 2.24 bits per heavy atom. The highest BCUT2D eigenvalue weighted by Crippen LogP contribution is 2.42. The van der Waals surface area contributed by atoms with Crippen molar-refractivity contribution in [2.24, 2.45) is 0 Å². The molecule has 0 aliphatic rings. The van der Waals surface area contributed by atoms with Crippen LogP contribution in [0.5, 0.6) is 23.0 Å². The lowest BCUT2D eigenvalue weighted by molar-refractivity contribution is -0.138. The fourth-order valence-corrected chi connectivity index (χ4v) is 4.44. The first-order valence-electron chi connectivity index (χ1n) is 13.2. The summed E-state index contributed by atoms with van der Waals surface area (Å²) in [4.78, 5) is 43.3. The molecule has 5 aromatic rings. The van der Waals surface area contributed by atoms with Gasteiger partial charge in [-0.3, -0.25) is 14.6 Å². The van der Waals surface area contributed by atoms with Gasteiger partial charge in [0.05, 0.1) is 25.4 Å². The molecule has 1 N–H and O–H groups in total. The first-order valence-corrected chi connectivity index (χ1v) is 13.2. The molecule has 3 aromatic carbocycles. The van der Waals surface area contributed by atoms with Crippen LogP contribution in [-0.4, -0.2) is 39.5 Å². The number of aromatic nitrogens is 4. The van der Waals surface area contributed by atoms with Gasteiger partial charge in [-0.25, -0.2) is 18.4 Å². The molecule has 0 radical (unpaired) electrons. The molecule has 0 fully saturated rings. The normalized spacial score (nSPS) is 11.4. The second kappa shape index (κ2) is 12.1. The molecule has 11 nitrogen and oxygen atoms in total. The van der Waals surface area contributed by atoms with Gasteiger partial charge in [0, 0.05) is 29.9 Å². The molecular formula is C30H23F4N5O6. The lowest BCUT2D eigenvalue weighted by atomic mass is 10.1. The van der Waals surface area contributed by atoms with E-state index < -0.39 is 46.2 Å². The van der Waals surface area contributed by atoms with E-state index in [9.17, 15) is 31.9 Å². The van der Waals surface area contributed by atoms with Gasteiger partial charge in [0.15, 0.2) is 11.5 Å². The zero-order valence-electron chi connectivity index (χ0n) is 23.8. The topological polar surface area (TPSA) is 127 Å². The molecule has 0 aliphatic carbocycles. The SMILES string of the molecule is CCn1nc(C(=O)Nc2ccc(Oc3ccnc4cc(OC)c(OC)cc34)c(C(F)(F)F)c2)c(=O)n(-c2ccc(F)cc2)c1=O. The van der Waals surface area contributed by atoms with E-state index >= 15 is 0 Å². The maximum atomic E-state index is 14.2. The molecule has 2 heterocycles. The number of pyridine rings is 1. The molecule has 0 atom stereocenters. The number of hydrogen-bond donors (Lipinski definition) is 1. The van der Waals surface area contributed by atoms with E-state index in [0.717, 1.165) is 41.1 Å². The lowest BCUT2D eigenvalue weighted by Gasteiger charge is -2.17. The Kier molecular flexibility index (Phi) is 8.26. The van der Waals surface area contributed by atoms with Crippen LogP contribution in [0.1, 0.15) is 23.0 Å². The van der Waals surface area contributed by atoms with Crippen LogP contribution in [-0.2, 0) is 12.7 Å². The van der Waals surface area contributed by atoms with E-state index in [1.54, 1.807) is 6.07 Å². The van der Waals surface area contributed by atoms with Crippen molar-refractivity contribution in [1.82, 2.24) is 19.3 Å². The van der Waals surface area contributed by atoms with Gasteiger partial charge < -0.3 is 19.5 Å². The summed E-state index contributed by atoms with van der Waals surface area (Å²) < 4.78 is 73.8. The number of anilines is 1. The lowest BCUT2D eigenvalue weighted by Crippen LogP contribution is -2.44. The van der Waals surface area contributed by atoms with Gasteiger partial charge in [-0.1, -0.05) is 0 Å². The molecule has 0 saturated heterocycles. The van der Waals surface area contributed by atoms with Gasteiger partial charge in [-0.05, 0) is 61.5 Å². The van der Waals surface area contributed by atoms with E-state index in [1.165, 1.54) is 39.5 Å². The summed E-state index contributed by atoms with van der Waals surface area (Å²) in [6.07, 6.45) is -3.57. The van der Waals surface area contributed by atoms with Crippen molar-refractivity contribution in [2.75, 3.05) is 19.5 Å². The molecule has 2 aromatic heterocycles. The van der Waals surface area contributed by atoms with Gasteiger partial charge in [0.25, 0.3) is 11.5 Å². The number of nitrogens with zero attached hydrogens (tertiary/aromatic N) is 4. The first-order chi connectivity index (χ1) is 21.4. The first kappa shape index (κ1) is 30.7. The van der Waals surface area contributed by atoms with Crippen LogP contribution in [0.25, 0.3) is 16.6 Å². The number of alkyl halides is 3. The third-order valence-corrected chi connectivity index (χ3v) is 6.61. The maximum absolute atomic E-state index is 14.2. The molecule has 45 heavy (non-hydrogen) atoms. The van der Waals surface area contributed by atoms with Gasteiger partial charge in [0.1, 0.15) is 22.9 Å². The largest absolute Gasteiger partial charge is 0.493 e. The van der Waals surface area contributed by atoms with Crippen molar-refractivity contribution in [1.29, 1.82) is 0 Å². The van der Waals surface area contributed by atoms with Gasteiger partial charge >= 0.3 is 11.9 Å². The average molecular weight is 626 g/mol. The fourth-order valence-electron chi connectivity index (χ4n) is 4.44. The van der Waals surface area contributed by atoms with Crippen LogP contribution < -0.4 is 30.8 Å². The number of rotatable bonds is 8. The van der Waals surface area contributed by atoms with Crippen molar-refractivity contribution >= 4 is 22.5 Å². The quantitative estimate of drug-likeness (QED) is 0.234. The monoisotopic (exact) mass is 625 g/mol. The minimum atomic E-state index is -4.93. The number of aryl methyl sites for hydroxylation is 1. The van der Waals surface area contributed by atoms with E-state index in [1.807, 2.05) is 0 Å². The highest BCUT2D eigenvalue weighted by atomic mass is 19.4. The summed E-state index contributed by atoms with van der Waals surface area (Å²) in [5.74, 6) is -1.69. The Morgan fingerprint density at radius 1 is 0.911 bits per heavy atom. The van der Waals surface area contributed by atoms with Crippen molar-refractivity contribution in [2.45, 2.75) is 19.6 Å². The summed E-state index contributed by atoms with van der Waals surface area (Å²) in [5.41, 5.74) is -4.06. The zero-order chi connectivity index (χ0) is 32.5. The van der Waals surface area contributed by atoms with Crippen LogP contribution in [0.15, 0.2) is 76.4 Å². The Labute approximate surface area is 251 Å². The van der Waals surface area contributed by atoms with Crippen molar-refractivity contribution in [3.63, 3.8) is 0 Å². The minimum Gasteiger partial charge on any atom is -0.493 e. The van der Waals surface area contributed by atoms with Crippen LogP contribution >= 0.6 is 0 Å².